The molecule has 3 atom stereocenters. The molecule has 0 bridgehead atoms. The van der Waals surface area contributed by atoms with Crippen molar-refractivity contribution in [2.24, 2.45) is 17.3 Å². The molecule has 2 heterocycles. The average Bonchev–Trinajstić information content (AvgIpc) is 2.42. The molecular formula is C16H31N3O. The minimum atomic E-state index is -0.267. The Morgan fingerprint density at radius 1 is 1.35 bits per heavy atom. The van der Waals surface area contributed by atoms with Crippen molar-refractivity contribution in [3.63, 3.8) is 0 Å². The number of carbonyl (C=O) groups is 1. The summed E-state index contributed by atoms with van der Waals surface area (Å²) < 4.78 is 0. The number of hydrogen-bond donors (Lipinski definition) is 2. The van der Waals surface area contributed by atoms with E-state index in [0.29, 0.717) is 17.9 Å². The predicted octanol–water partition coefficient (Wildman–Crippen LogP) is 1.47. The molecule has 0 aromatic heterocycles. The molecule has 1 amide bonds. The lowest BCUT2D eigenvalue weighted by Crippen LogP contribution is -2.54. The first-order valence-electron chi connectivity index (χ1n) is 8.11. The van der Waals surface area contributed by atoms with Gasteiger partial charge >= 0.3 is 0 Å². The van der Waals surface area contributed by atoms with Crippen LogP contribution in [0, 0.1) is 17.3 Å². The van der Waals surface area contributed by atoms with Crippen molar-refractivity contribution >= 4 is 5.91 Å². The second-order valence-electron chi connectivity index (χ2n) is 7.37. The summed E-state index contributed by atoms with van der Waals surface area (Å²) in [6, 6.07) is 0.342. The first-order chi connectivity index (χ1) is 9.41. The van der Waals surface area contributed by atoms with E-state index in [1.165, 1.54) is 6.42 Å². The summed E-state index contributed by atoms with van der Waals surface area (Å²) in [5, 5.41) is 6.76. The molecule has 2 rings (SSSR count). The molecule has 2 fully saturated rings. The summed E-state index contributed by atoms with van der Waals surface area (Å²) in [6.45, 7) is 10.7. The zero-order valence-electron chi connectivity index (χ0n) is 13.5. The highest BCUT2D eigenvalue weighted by Crippen LogP contribution is 2.32. The molecule has 4 nitrogen and oxygen atoms in total. The van der Waals surface area contributed by atoms with Crippen molar-refractivity contribution in [2.45, 2.75) is 46.1 Å². The molecule has 0 spiro atoms. The maximum Gasteiger partial charge on any atom is 0.226 e. The van der Waals surface area contributed by atoms with E-state index in [9.17, 15) is 4.79 Å². The zero-order chi connectivity index (χ0) is 14.8. The molecule has 4 heteroatoms. The number of amides is 1. The van der Waals surface area contributed by atoms with E-state index in [1.807, 2.05) is 0 Å². The van der Waals surface area contributed by atoms with Crippen LogP contribution in [0.1, 0.15) is 40.0 Å². The Balaban J connectivity index is 1.92. The van der Waals surface area contributed by atoms with Gasteiger partial charge in [-0.25, -0.2) is 0 Å². The van der Waals surface area contributed by atoms with Gasteiger partial charge in [0.05, 0.1) is 0 Å². The van der Waals surface area contributed by atoms with E-state index < -0.39 is 0 Å². The lowest BCUT2D eigenvalue weighted by atomic mass is 9.74. The third-order valence-electron chi connectivity index (χ3n) is 5.33. The van der Waals surface area contributed by atoms with Gasteiger partial charge in [0, 0.05) is 18.0 Å². The fourth-order valence-corrected chi connectivity index (χ4v) is 3.58. The van der Waals surface area contributed by atoms with Crippen LogP contribution in [-0.2, 0) is 4.79 Å². The molecule has 2 aliphatic heterocycles. The summed E-state index contributed by atoms with van der Waals surface area (Å²) in [6.07, 6.45) is 3.42. The van der Waals surface area contributed by atoms with E-state index in [1.54, 1.807) is 0 Å². The molecule has 0 aliphatic carbocycles. The van der Waals surface area contributed by atoms with Crippen LogP contribution < -0.4 is 10.6 Å². The van der Waals surface area contributed by atoms with Gasteiger partial charge in [-0.3, -0.25) is 4.79 Å². The Hall–Kier alpha value is -0.610. The molecule has 2 saturated heterocycles. The van der Waals surface area contributed by atoms with Crippen LogP contribution in [0.2, 0.25) is 0 Å². The monoisotopic (exact) mass is 281 g/mol. The Kier molecular flexibility index (Phi) is 5.08. The molecule has 3 unspecified atom stereocenters. The number of hydrogen-bond acceptors (Lipinski definition) is 3. The fourth-order valence-electron chi connectivity index (χ4n) is 3.58. The lowest BCUT2D eigenvalue weighted by Gasteiger charge is -2.40. The predicted molar refractivity (Wildman–Crippen MR) is 82.6 cm³/mol. The highest BCUT2D eigenvalue weighted by Gasteiger charge is 2.39. The Bertz CT molecular complexity index is 337. The maximum atomic E-state index is 12.7. The lowest BCUT2D eigenvalue weighted by molar-refractivity contribution is -0.134. The first-order valence-corrected chi connectivity index (χ1v) is 8.11. The van der Waals surface area contributed by atoms with Gasteiger partial charge in [0.15, 0.2) is 0 Å². The highest BCUT2D eigenvalue weighted by atomic mass is 16.2. The number of piperidine rings is 2. The maximum absolute atomic E-state index is 12.7. The highest BCUT2D eigenvalue weighted by molar-refractivity contribution is 5.82. The minimum absolute atomic E-state index is 0.243. The van der Waals surface area contributed by atoms with Crippen LogP contribution >= 0.6 is 0 Å². The largest absolute Gasteiger partial charge is 0.353 e. The topological polar surface area (TPSA) is 44.4 Å². The van der Waals surface area contributed by atoms with Gasteiger partial charge in [-0.2, -0.15) is 0 Å². The second kappa shape index (κ2) is 6.44. The van der Waals surface area contributed by atoms with Crippen LogP contribution in [0.15, 0.2) is 0 Å². The van der Waals surface area contributed by atoms with Crippen LogP contribution in [0.25, 0.3) is 0 Å². The second-order valence-corrected chi connectivity index (χ2v) is 7.37. The molecule has 0 saturated carbocycles. The normalized spacial score (nSPS) is 32.9. The molecule has 116 valence electrons. The van der Waals surface area contributed by atoms with Crippen molar-refractivity contribution in [3.05, 3.63) is 0 Å². The van der Waals surface area contributed by atoms with Gasteiger partial charge in [-0.15, -0.1) is 0 Å². The van der Waals surface area contributed by atoms with Gasteiger partial charge in [-0.05, 0) is 57.8 Å². The van der Waals surface area contributed by atoms with Crippen LogP contribution in [-0.4, -0.2) is 50.1 Å². The standard InChI is InChI=1S/C16H31N3O/c1-12-11-19(4)9-7-14(12)18-15(20)16(2,3)13-6-5-8-17-10-13/h12-14,17H,5-11H2,1-4H3,(H,18,20). The quantitative estimate of drug-likeness (QED) is 0.823. The van der Waals surface area contributed by atoms with Crippen molar-refractivity contribution < 1.29 is 4.79 Å². The van der Waals surface area contributed by atoms with Crippen LogP contribution in [0.5, 0.6) is 0 Å². The molecule has 2 N–H and O–H groups in total. The van der Waals surface area contributed by atoms with Crippen LogP contribution in [0.3, 0.4) is 0 Å². The minimum Gasteiger partial charge on any atom is -0.353 e. The molecule has 2 aliphatic rings. The Morgan fingerprint density at radius 2 is 2.10 bits per heavy atom. The van der Waals surface area contributed by atoms with Crippen molar-refractivity contribution in [1.82, 2.24) is 15.5 Å². The third kappa shape index (κ3) is 3.53. The van der Waals surface area contributed by atoms with E-state index in [4.69, 9.17) is 0 Å². The number of carbonyl (C=O) groups excluding carboxylic acids is 1. The van der Waals surface area contributed by atoms with Crippen molar-refractivity contribution in [2.75, 3.05) is 33.2 Å². The Morgan fingerprint density at radius 3 is 2.70 bits per heavy atom. The summed E-state index contributed by atoms with van der Waals surface area (Å²) >= 11 is 0. The molecular weight excluding hydrogens is 250 g/mol. The summed E-state index contributed by atoms with van der Waals surface area (Å²) in [5.41, 5.74) is -0.267. The van der Waals surface area contributed by atoms with E-state index >= 15 is 0 Å². The molecule has 0 aromatic rings. The van der Waals surface area contributed by atoms with E-state index in [0.717, 1.165) is 39.0 Å². The number of nitrogens with one attached hydrogen (secondary N) is 2. The van der Waals surface area contributed by atoms with E-state index in [-0.39, 0.29) is 11.3 Å². The number of rotatable bonds is 3. The zero-order valence-corrected chi connectivity index (χ0v) is 13.5. The van der Waals surface area contributed by atoms with Gasteiger partial charge < -0.3 is 15.5 Å². The van der Waals surface area contributed by atoms with Crippen molar-refractivity contribution in [1.29, 1.82) is 0 Å². The Labute approximate surface area is 123 Å². The smallest absolute Gasteiger partial charge is 0.226 e. The summed E-state index contributed by atoms with van der Waals surface area (Å²) in [5.74, 6) is 1.24. The molecule has 0 radical (unpaired) electrons. The molecule has 0 aromatic carbocycles. The number of nitrogens with zero attached hydrogens (tertiary/aromatic N) is 1. The first kappa shape index (κ1) is 15.8. The SMILES string of the molecule is CC1CN(C)CCC1NC(=O)C(C)(C)C1CCCNC1. The molecule has 20 heavy (non-hydrogen) atoms. The average molecular weight is 281 g/mol. The fraction of sp³-hybridized carbons (Fsp3) is 0.938. The van der Waals surface area contributed by atoms with E-state index in [2.05, 4.69) is 43.4 Å². The van der Waals surface area contributed by atoms with Gasteiger partial charge in [0.1, 0.15) is 0 Å². The summed E-state index contributed by atoms with van der Waals surface area (Å²) in [7, 11) is 2.16. The third-order valence-corrected chi connectivity index (χ3v) is 5.33. The summed E-state index contributed by atoms with van der Waals surface area (Å²) in [4.78, 5) is 15.1. The number of likely N-dealkylation sites (tertiary alicyclic amines) is 1. The van der Waals surface area contributed by atoms with Gasteiger partial charge in [-0.1, -0.05) is 20.8 Å². The van der Waals surface area contributed by atoms with Gasteiger partial charge in [0.2, 0.25) is 5.91 Å². The van der Waals surface area contributed by atoms with Gasteiger partial charge in [0.25, 0.3) is 0 Å². The van der Waals surface area contributed by atoms with Crippen LogP contribution in [0.4, 0.5) is 0 Å². The van der Waals surface area contributed by atoms with Crippen molar-refractivity contribution in [3.8, 4) is 0 Å².